The number of hydrogen-bond acceptors (Lipinski definition) is 2. The quantitative estimate of drug-likeness (QED) is 0.630. The summed E-state index contributed by atoms with van der Waals surface area (Å²) in [4.78, 5) is 11.5. The Morgan fingerprint density at radius 3 is 2.64 bits per heavy atom. The molecule has 0 radical (unpaired) electrons. The van der Waals surface area contributed by atoms with E-state index in [4.69, 9.17) is 4.74 Å². The van der Waals surface area contributed by atoms with Crippen LogP contribution in [0.4, 0.5) is 0 Å². The van der Waals surface area contributed by atoms with Gasteiger partial charge in [0.25, 0.3) is 0 Å². The lowest BCUT2D eigenvalue weighted by Crippen LogP contribution is -2.02. The zero-order chi connectivity index (χ0) is 10.7. The number of benzene rings is 1. The van der Waals surface area contributed by atoms with Gasteiger partial charge in [-0.3, -0.25) is 4.79 Å². The molecule has 1 aromatic rings. The first kappa shape index (κ1) is 11.7. The van der Waals surface area contributed by atoms with Crippen molar-refractivity contribution in [1.29, 1.82) is 0 Å². The van der Waals surface area contributed by atoms with Gasteiger partial charge in [0.2, 0.25) is 0 Å². The summed E-state index contributed by atoms with van der Waals surface area (Å²) in [5.41, 5.74) is 1.65. The zero-order valence-corrected chi connectivity index (χ0v) is 11.1. The predicted octanol–water partition coefficient (Wildman–Crippen LogP) is 3.34. The maximum absolute atomic E-state index is 11.5. The first-order chi connectivity index (χ1) is 6.60. The van der Waals surface area contributed by atoms with Crippen LogP contribution in [-0.2, 0) is 0 Å². The summed E-state index contributed by atoms with van der Waals surface area (Å²) >= 11 is 6.53. The number of Topliss-reactive ketones (excluding diaryl/α,β-unsaturated/α-hetero) is 1. The Labute approximate surface area is 99.9 Å². The smallest absolute Gasteiger partial charge is 0.174 e. The highest BCUT2D eigenvalue weighted by molar-refractivity contribution is 9.10. The molecular weight excluding hydrogens is 312 g/mol. The van der Waals surface area contributed by atoms with E-state index in [-0.39, 0.29) is 5.78 Å². The van der Waals surface area contributed by atoms with Crippen LogP contribution in [0.2, 0.25) is 0 Å². The van der Waals surface area contributed by atoms with Crippen LogP contribution in [-0.4, -0.2) is 18.2 Å². The molecule has 4 heteroatoms. The van der Waals surface area contributed by atoms with E-state index in [1.807, 2.05) is 13.0 Å². The number of carbonyl (C=O) groups excluding carboxylic acids is 1. The summed E-state index contributed by atoms with van der Waals surface area (Å²) in [6, 6.07) is 3.62. The van der Waals surface area contributed by atoms with Crippen molar-refractivity contribution in [3.63, 3.8) is 0 Å². The van der Waals surface area contributed by atoms with Crippen molar-refractivity contribution in [3.8, 4) is 5.75 Å². The van der Waals surface area contributed by atoms with E-state index in [1.54, 1.807) is 13.2 Å². The molecule has 0 unspecified atom stereocenters. The predicted molar refractivity (Wildman–Crippen MR) is 63.6 cm³/mol. The molecule has 0 N–H and O–H groups in total. The van der Waals surface area contributed by atoms with Gasteiger partial charge >= 0.3 is 0 Å². The van der Waals surface area contributed by atoms with Gasteiger partial charge in [-0.15, -0.1) is 0 Å². The van der Waals surface area contributed by atoms with E-state index >= 15 is 0 Å². The molecular formula is C10H10Br2O2. The van der Waals surface area contributed by atoms with E-state index in [0.29, 0.717) is 16.6 Å². The average Bonchev–Trinajstić information content (AvgIpc) is 2.20. The van der Waals surface area contributed by atoms with Crippen LogP contribution < -0.4 is 4.74 Å². The highest BCUT2D eigenvalue weighted by Gasteiger charge is 2.12. The number of halogens is 2. The maximum atomic E-state index is 11.5. The van der Waals surface area contributed by atoms with Crippen LogP contribution in [0.1, 0.15) is 15.9 Å². The molecule has 0 saturated carbocycles. The Hall–Kier alpha value is -0.350. The number of ether oxygens (including phenoxy) is 1. The third kappa shape index (κ3) is 2.36. The molecule has 2 nitrogen and oxygen atoms in total. The van der Waals surface area contributed by atoms with E-state index < -0.39 is 0 Å². The molecule has 0 aliphatic rings. The third-order valence-electron chi connectivity index (χ3n) is 1.89. The SMILES string of the molecule is COc1cc(C)c(Br)c(C(=O)CBr)c1. The number of alkyl halides is 1. The number of hydrogen-bond donors (Lipinski definition) is 0. The molecule has 0 fully saturated rings. The molecule has 76 valence electrons. The van der Waals surface area contributed by atoms with E-state index in [9.17, 15) is 4.79 Å². The van der Waals surface area contributed by atoms with Crippen LogP contribution >= 0.6 is 31.9 Å². The van der Waals surface area contributed by atoms with Gasteiger partial charge in [-0.2, -0.15) is 0 Å². The second kappa shape index (κ2) is 4.94. The molecule has 1 rings (SSSR count). The van der Waals surface area contributed by atoms with Crippen LogP contribution in [0, 0.1) is 6.92 Å². The Bertz CT molecular complexity index is 361. The van der Waals surface area contributed by atoms with Gasteiger partial charge in [-0.05, 0) is 40.5 Å². The van der Waals surface area contributed by atoms with E-state index in [2.05, 4.69) is 31.9 Å². The summed E-state index contributed by atoms with van der Waals surface area (Å²) in [5, 5.41) is 0.318. The first-order valence-corrected chi connectivity index (χ1v) is 5.95. The summed E-state index contributed by atoms with van der Waals surface area (Å²) in [6.07, 6.45) is 0. The molecule has 0 aliphatic heterocycles. The van der Waals surface area contributed by atoms with Crippen molar-refractivity contribution < 1.29 is 9.53 Å². The summed E-state index contributed by atoms with van der Waals surface area (Å²) in [7, 11) is 1.59. The standard InChI is InChI=1S/C10H10Br2O2/c1-6-3-7(14-2)4-8(10(6)12)9(13)5-11/h3-4H,5H2,1-2H3. The van der Waals surface area contributed by atoms with E-state index in [1.165, 1.54) is 0 Å². The summed E-state index contributed by atoms with van der Waals surface area (Å²) in [5.74, 6) is 0.744. The highest BCUT2D eigenvalue weighted by Crippen LogP contribution is 2.27. The summed E-state index contributed by atoms with van der Waals surface area (Å²) < 4.78 is 5.93. The number of carbonyl (C=O) groups is 1. The van der Waals surface area contributed by atoms with Crippen LogP contribution in [0.3, 0.4) is 0 Å². The molecule has 0 atom stereocenters. The monoisotopic (exact) mass is 320 g/mol. The zero-order valence-electron chi connectivity index (χ0n) is 7.93. The minimum absolute atomic E-state index is 0.0406. The van der Waals surface area contributed by atoms with Gasteiger partial charge in [0.1, 0.15) is 5.75 Å². The van der Waals surface area contributed by atoms with Crippen molar-refractivity contribution in [2.45, 2.75) is 6.92 Å². The minimum Gasteiger partial charge on any atom is -0.497 e. The van der Waals surface area contributed by atoms with Gasteiger partial charge in [-0.1, -0.05) is 15.9 Å². The van der Waals surface area contributed by atoms with Crippen molar-refractivity contribution >= 4 is 37.6 Å². The minimum atomic E-state index is 0.0406. The number of methoxy groups -OCH3 is 1. The third-order valence-corrected chi connectivity index (χ3v) is 3.45. The Morgan fingerprint density at radius 1 is 1.50 bits per heavy atom. The van der Waals surface area contributed by atoms with Crippen molar-refractivity contribution in [1.82, 2.24) is 0 Å². The fraction of sp³-hybridized carbons (Fsp3) is 0.300. The molecule has 0 heterocycles. The second-order valence-corrected chi connectivity index (χ2v) is 4.22. The molecule has 14 heavy (non-hydrogen) atoms. The highest BCUT2D eigenvalue weighted by atomic mass is 79.9. The van der Waals surface area contributed by atoms with E-state index in [0.717, 1.165) is 10.0 Å². The lowest BCUT2D eigenvalue weighted by Gasteiger charge is -2.08. The maximum Gasteiger partial charge on any atom is 0.174 e. The Balaban J connectivity index is 3.27. The van der Waals surface area contributed by atoms with Gasteiger partial charge < -0.3 is 4.74 Å². The van der Waals surface area contributed by atoms with Gasteiger partial charge in [0, 0.05) is 10.0 Å². The first-order valence-electron chi connectivity index (χ1n) is 4.03. The normalized spacial score (nSPS) is 10.0. The number of aryl methyl sites for hydroxylation is 1. The fourth-order valence-electron chi connectivity index (χ4n) is 1.13. The van der Waals surface area contributed by atoms with Crippen LogP contribution in [0.5, 0.6) is 5.75 Å². The summed E-state index contributed by atoms with van der Waals surface area (Å²) in [6.45, 7) is 1.93. The number of rotatable bonds is 3. The van der Waals surface area contributed by atoms with Gasteiger partial charge in [0.05, 0.1) is 12.4 Å². The second-order valence-electron chi connectivity index (χ2n) is 2.86. The van der Waals surface area contributed by atoms with Gasteiger partial charge in [0.15, 0.2) is 5.78 Å². The lowest BCUT2D eigenvalue weighted by molar-refractivity contribution is 0.102. The molecule has 0 bridgehead atoms. The Morgan fingerprint density at radius 2 is 2.14 bits per heavy atom. The lowest BCUT2D eigenvalue weighted by atomic mass is 10.1. The van der Waals surface area contributed by atoms with Gasteiger partial charge in [-0.25, -0.2) is 0 Å². The largest absolute Gasteiger partial charge is 0.497 e. The van der Waals surface area contributed by atoms with Crippen molar-refractivity contribution in [2.24, 2.45) is 0 Å². The topological polar surface area (TPSA) is 26.3 Å². The average molecular weight is 322 g/mol. The van der Waals surface area contributed by atoms with Crippen LogP contribution in [0.25, 0.3) is 0 Å². The molecule has 0 spiro atoms. The van der Waals surface area contributed by atoms with Crippen molar-refractivity contribution in [2.75, 3.05) is 12.4 Å². The molecule has 1 aromatic carbocycles. The molecule has 0 amide bonds. The molecule has 0 aromatic heterocycles. The Kier molecular flexibility index (Phi) is 4.13. The fourth-order valence-corrected chi connectivity index (χ4v) is 1.88. The number of ketones is 1. The van der Waals surface area contributed by atoms with Crippen molar-refractivity contribution in [3.05, 3.63) is 27.7 Å². The molecule has 0 saturated heterocycles. The van der Waals surface area contributed by atoms with Crippen LogP contribution in [0.15, 0.2) is 16.6 Å². The molecule has 0 aliphatic carbocycles.